The van der Waals surface area contributed by atoms with Crippen LogP contribution < -0.4 is 10.6 Å². The summed E-state index contributed by atoms with van der Waals surface area (Å²) in [6.45, 7) is 10.2. The van der Waals surface area contributed by atoms with Gasteiger partial charge in [0.1, 0.15) is 0 Å². The second-order valence-electron chi connectivity index (χ2n) is 7.35. The molecule has 1 aromatic heterocycles. The second kappa shape index (κ2) is 11.5. The predicted octanol–water partition coefficient (Wildman–Crippen LogP) is 2.17. The molecule has 8 nitrogen and oxygen atoms in total. The Morgan fingerprint density at radius 2 is 1.96 bits per heavy atom. The maximum atomic E-state index is 12.1. The van der Waals surface area contributed by atoms with Crippen molar-refractivity contribution in [1.29, 1.82) is 0 Å². The number of rotatable bonds is 6. The first-order valence-corrected chi connectivity index (χ1v) is 9.49. The van der Waals surface area contributed by atoms with Crippen LogP contribution in [0.25, 0.3) is 0 Å². The highest BCUT2D eigenvalue weighted by Crippen LogP contribution is 2.13. The van der Waals surface area contributed by atoms with Crippen molar-refractivity contribution in [2.75, 3.05) is 26.7 Å². The summed E-state index contributed by atoms with van der Waals surface area (Å²) < 4.78 is 5.25. The smallest absolute Gasteiger partial charge is 0.228 e. The molecule has 1 saturated heterocycles. The van der Waals surface area contributed by atoms with Crippen molar-refractivity contribution in [3.63, 3.8) is 0 Å². The molecule has 1 amide bonds. The Hall–Kier alpha value is -1.39. The summed E-state index contributed by atoms with van der Waals surface area (Å²) in [7, 11) is 1.76. The summed E-state index contributed by atoms with van der Waals surface area (Å²) in [4.78, 5) is 22.7. The molecule has 9 heteroatoms. The van der Waals surface area contributed by atoms with E-state index < -0.39 is 0 Å². The fourth-order valence-corrected chi connectivity index (χ4v) is 2.89. The minimum atomic E-state index is 0. The lowest BCUT2D eigenvalue weighted by Gasteiger charge is -2.34. The molecule has 0 atom stereocenters. The average Bonchev–Trinajstić information content (AvgIpc) is 3.10. The minimum Gasteiger partial charge on any atom is -0.356 e. The zero-order valence-electron chi connectivity index (χ0n) is 17.0. The van der Waals surface area contributed by atoms with E-state index in [1.54, 1.807) is 7.05 Å². The van der Waals surface area contributed by atoms with Gasteiger partial charge in [-0.15, -0.1) is 24.0 Å². The number of hydrogen-bond donors (Lipinski definition) is 2. The molecule has 0 aromatic carbocycles. The number of hydrogen-bond acceptors (Lipinski definition) is 5. The first-order valence-electron chi connectivity index (χ1n) is 9.49. The lowest BCUT2D eigenvalue weighted by atomic mass is 10.0. The molecule has 0 radical (unpaired) electrons. The maximum absolute atomic E-state index is 12.1. The summed E-state index contributed by atoms with van der Waals surface area (Å²) in [6.07, 6.45) is 2.52. The number of carbonyl (C=O) groups excluding carboxylic acids is 1. The van der Waals surface area contributed by atoms with Crippen molar-refractivity contribution in [1.82, 2.24) is 25.7 Å². The van der Waals surface area contributed by atoms with Crippen LogP contribution >= 0.6 is 24.0 Å². The number of carbonyl (C=O) groups is 1. The van der Waals surface area contributed by atoms with Crippen LogP contribution in [0.4, 0.5) is 0 Å². The number of piperidine rings is 1. The van der Waals surface area contributed by atoms with Crippen LogP contribution in [0.3, 0.4) is 0 Å². The Morgan fingerprint density at radius 1 is 1.30 bits per heavy atom. The van der Waals surface area contributed by atoms with Gasteiger partial charge in [-0.05, 0) is 12.8 Å². The summed E-state index contributed by atoms with van der Waals surface area (Å²) in [6, 6.07) is 0.327. The number of nitrogens with zero attached hydrogens (tertiary/aromatic N) is 4. The van der Waals surface area contributed by atoms with Crippen LogP contribution in [-0.2, 0) is 11.2 Å². The van der Waals surface area contributed by atoms with Gasteiger partial charge in [0.15, 0.2) is 11.8 Å². The van der Waals surface area contributed by atoms with Gasteiger partial charge in [0.2, 0.25) is 11.8 Å². The number of aromatic nitrogens is 2. The van der Waals surface area contributed by atoms with Crippen molar-refractivity contribution in [2.24, 2.45) is 10.9 Å². The van der Waals surface area contributed by atoms with Gasteiger partial charge in [-0.25, -0.2) is 0 Å². The lowest BCUT2D eigenvalue weighted by Crippen LogP contribution is -2.50. The molecule has 2 N–H and O–H groups in total. The largest absolute Gasteiger partial charge is 0.356 e. The SMILES string of the molecule is CN=C(NCCc1nc(C(C)C)no1)NC1CCN(C(=O)C(C)C)CC1.I. The second-order valence-corrected chi connectivity index (χ2v) is 7.35. The Morgan fingerprint density at radius 3 is 2.48 bits per heavy atom. The van der Waals surface area contributed by atoms with Crippen LogP contribution in [0.2, 0.25) is 0 Å². The third kappa shape index (κ3) is 7.27. The predicted molar refractivity (Wildman–Crippen MR) is 116 cm³/mol. The van der Waals surface area contributed by atoms with E-state index in [9.17, 15) is 4.79 Å². The lowest BCUT2D eigenvalue weighted by molar-refractivity contribution is -0.135. The number of likely N-dealkylation sites (tertiary alicyclic amines) is 1. The molecule has 1 fully saturated rings. The third-order valence-corrected chi connectivity index (χ3v) is 4.50. The van der Waals surface area contributed by atoms with Gasteiger partial charge in [-0.2, -0.15) is 4.98 Å². The molecule has 0 spiro atoms. The molecule has 1 aliphatic rings. The molecule has 0 aliphatic carbocycles. The van der Waals surface area contributed by atoms with Crippen LogP contribution in [0.1, 0.15) is 58.2 Å². The standard InChI is InChI=1S/C18H32N6O2.HI/c1-12(2)16-22-15(26-23-16)6-9-20-18(19-5)21-14-7-10-24(11-8-14)17(25)13(3)4;/h12-14H,6-11H2,1-5H3,(H2,19,20,21);1H. The van der Waals surface area contributed by atoms with Crippen molar-refractivity contribution >= 4 is 35.8 Å². The summed E-state index contributed by atoms with van der Waals surface area (Å²) in [5, 5.41) is 10.7. The van der Waals surface area contributed by atoms with Crippen LogP contribution in [0.5, 0.6) is 0 Å². The zero-order chi connectivity index (χ0) is 19.1. The highest BCUT2D eigenvalue weighted by molar-refractivity contribution is 14.0. The Balaban J connectivity index is 0.00000364. The van der Waals surface area contributed by atoms with Gasteiger partial charge < -0.3 is 20.1 Å². The minimum absolute atomic E-state index is 0. The molecule has 1 aliphatic heterocycles. The van der Waals surface area contributed by atoms with Crippen molar-refractivity contribution < 1.29 is 9.32 Å². The van der Waals surface area contributed by atoms with Gasteiger partial charge >= 0.3 is 0 Å². The molecule has 27 heavy (non-hydrogen) atoms. The van der Waals surface area contributed by atoms with Gasteiger partial charge in [0.05, 0.1) is 0 Å². The number of guanidine groups is 1. The van der Waals surface area contributed by atoms with Crippen LogP contribution in [-0.4, -0.2) is 59.6 Å². The number of nitrogens with one attached hydrogen (secondary N) is 2. The van der Waals surface area contributed by atoms with Gasteiger partial charge in [0, 0.05) is 51.0 Å². The topological polar surface area (TPSA) is 95.7 Å². The zero-order valence-corrected chi connectivity index (χ0v) is 19.3. The van der Waals surface area contributed by atoms with E-state index in [1.807, 2.05) is 32.6 Å². The fraction of sp³-hybridized carbons (Fsp3) is 0.778. The van der Waals surface area contributed by atoms with Gasteiger partial charge in [-0.3, -0.25) is 9.79 Å². The molecule has 154 valence electrons. The van der Waals surface area contributed by atoms with Crippen LogP contribution in [0, 0.1) is 5.92 Å². The fourth-order valence-electron chi connectivity index (χ4n) is 2.89. The quantitative estimate of drug-likeness (QED) is 0.359. The molecule has 0 bridgehead atoms. The average molecular weight is 492 g/mol. The Labute approximate surface area is 179 Å². The van der Waals surface area contributed by atoms with E-state index in [-0.39, 0.29) is 41.7 Å². The van der Waals surface area contributed by atoms with Crippen LogP contribution in [0.15, 0.2) is 9.52 Å². The normalized spacial score (nSPS) is 15.8. The van der Waals surface area contributed by atoms with Crippen molar-refractivity contribution in [2.45, 2.75) is 58.9 Å². The third-order valence-electron chi connectivity index (χ3n) is 4.50. The number of amides is 1. The first-order chi connectivity index (χ1) is 12.4. The molecule has 2 heterocycles. The van der Waals surface area contributed by atoms with E-state index in [1.165, 1.54) is 0 Å². The van der Waals surface area contributed by atoms with E-state index in [0.717, 1.165) is 37.7 Å². The highest BCUT2D eigenvalue weighted by atomic mass is 127. The van der Waals surface area contributed by atoms with E-state index in [4.69, 9.17) is 4.52 Å². The molecule has 2 rings (SSSR count). The number of halogens is 1. The molecular formula is C18H33IN6O2. The monoisotopic (exact) mass is 492 g/mol. The highest BCUT2D eigenvalue weighted by Gasteiger charge is 2.24. The van der Waals surface area contributed by atoms with Crippen molar-refractivity contribution in [3.8, 4) is 0 Å². The molecule has 1 aromatic rings. The summed E-state index contributed by atoms with van der Waals surface area (Å²) in [5.41, 5.74) is 0. The Bertz CT molecular complexity index is 609. The van der Waals surface area contributed by atoms with Gasteiger partial charge in [0.25, 0.3) is 0 Å². The molecule has 0 saturated carbocycles. The number of aliphatic imine (C=N–C) groups is 1. The Kier molecular flexibility index (Phi) is 10.0. The van der Waals surface area contributed by atoms with E-state index in [2.05, 4.69) is 25.8 Å². The van der Waals surface area contributed by atoms with E-state index >= 15 is 0 Å². The summed E-state index contributed by atoms with van der Waals surface area (Å²) in [5.74, 6) is 2.72. The van der Waals surface area contributed by atoms with Crippen molar-refractivity contribution in [3.05, 3.63) is 11.7 Å². The molecular weight excluding hydrogens is 459 g/mol. The van der Waals surface area contributed by atoms with Gasteiger partial charge in [-0.1, -0.05) is 32.9 Å². The maximum Gasteiger partial charge on any atom is 0.228 e. The first kappa shape index (κ1) is 23.6. The van der Waals surface area contributed by atoms with E-state index in [0.29, 0.717) is 24.9 Å². The molecule has 0 unspecified atom stereocenters. The summed E-state index contributed by atoms with van der Waals surface area (Å²) >= 11 is 0.